The molecule has 0 spiro atoms. The maximum Gasteiger partial charge on any atom is 0.246 e. The van der Waals surface area contributed by atoms with Gasteiger partial charge in [-0.05, 0) is 18.4 Å². The summed E-state index contributed by atoms with van der Waals surface area (Å²) < 4.78 is 49.0. The Labute approximate surface area is 240 Å². The van der Waals surface area contributed by atoms with E-state index in [-0.39, 0.29) is 35.0 Å². The molecule has 1 atom stereocenters. The molecule has 4 aromatic rings. The van der Waals surface area contributed by atoms with Crippen molar-refractivity contribution in [2.75, 3.05) is 46.8 Å². The highest BCUT2D eigenvalue weighted by Crippen LogP contribution is 2.36. The number of likely N-dealkylation sites (tertiary alicyclic amines) is 1. The second kappa shape index (κ2) is 11.9. The second-order valence-electron chi connectivity index (χ2n) is 9.53. The summed E-state index contributed by atoms with van der Waals surface area (Å²) in [6.45, 7) is 5.54. The quantitative estimate of drug-likeness (QED) is 0.250. The van der Waals surface area contributed by atoms with E-state index in [1.54, 1.807) is 29.2 Å². The molecule has 2 N–H and O–H groups in total. The number of anilines is 1. The number of rotatable bonds is 8. The van der Waals surface area contributed by atoms with Gasteiger partial charge in [-0.25, -0.2) is 18.7 Å². The number of hydrogen-bond donors (Lipinski definition) is 1. The zero-order valence-electron chi connectivity index (χ0n) is 23.4. The molecule has 0 bridgehead atoms. The molecular weight excluding hydrogens is 548 g/mol. The molecule has 42 heavy (non-hydrogen) atoms. The lowest BCUT2D eigenvalue weighted by atomic mass is 10.1. The first-order valence-electron chi connectivity index (χ1n) is 13.0. The lowest BCUT2D eigenvalue weighted by molar-refractivity contribution is -0.125. The minimum atomic E-state index is -0.977. The van der Waals surface area contributed by atoms with Crippen LogP contribution in [0.2, 0.25) is 0 Å². The molecule has 0 saturated carbocycles. The minimum absolute atomic E-state index is 0.129. The molecule has 4 heterocycles. The van der Waals surface area contributed by atoms with E-state index in [0.29, 0.717) is 54.8 Å². The summed E-state index contributed by atoms with van der Waals surface area (Å²) in [5.74, 6) is 2.90. The highest BCUT2D eigenvalue weighted by atomic mass is 19.1. The lowest BCUT2D eigenvalue weighted by Crippen LogP contribution is -2.27. The molecule has 0 aliphatic carbocycles. The zero-order chi connectivity index (χ0) is 30.0. The van der Waals surface area contributed by atoms with Crippen molar-refractivity contribution in [3.8, 4) is 34.6 Å². The first kappa shape index (κ1) is 28.6. The summed E-state index contributed by atoms with van der Waals surface area (Å²) in [6, 6.07) is 0.865. The van der Waals surface area contributed by atoms with Crippen LogP contribution in [0.4, 0.5) is 14.6 Å². The van der Waals surface area contributed by atoms with Crippen molar-refractivity contribution in [3.63, 3.8) is 0 Å². The number of halogens is 2. The summed E-state index contributed by atoms with van der Waals surface area (Å²) in [5, 5.41) is 5.15. The number of benzene rings is 1. The SMILES string of the molecule is C=CC(=O)N1CC[C@H](n2nc(C#Cc3c(F)c(OC)cc(OC)c3F)c3c(N)ncc(-c4cn(CCOC)cn4)c32)C1. The van der Waals surface area contributed by atoms with E-state index in [1.165, 1.54) is 20.3 Å². The number of nitrogens with zero attached hydrogens (tertiary/aromatic N) is 6. The van der Waals surface area contributed by atoms with Crippen molar-refractivity contribution < 1.29 is 27.8 Å². The third-order valence-electron chi connectivity index (χ3n) is 7.09. The molecule has 1 amide bonds. The number of nitrogen functional groups attached to an aromatic ring is 1. The molecule has 5 rings (SSSR count). The Balaban J connectivity index is 1.70. The van der Waals surface area contributed by atoms with Crippen molar-refractivity contribution >= 4 is 22.6 Å². The number of imidazole rings is 1. The first-order valence-corrected chi connectivity index (χ1v) is 13.0. The normalized spacial score (nSPS) is 14.6. The lowest BCUT2D eigenvalue weighted by Gasteiger charge is -2.16. The summed E-state index contributed by atoms with van der Waals surface area (Å²) >= 11 is 0. The van der Waals surface area contributed by atoms with Gasteiger partial charge in [-0.3, -0.25) is 9.48 Å². The van der Waals surface area contributed by atoms with Gasteiger partial charge in [-0.15, -0.1) is 0 Å². The number of ether oxygens (including phenoxy) is 3. The molecule has 11 nitrogen and oxygen atoms in total. The van der Waals surface area contributed by atoms with Gasteiger partial charge in [-0.2, -0.15) is 5.10 Å². The monoisotopic (exact) mass is 577 g/mol. The van der Waals surface area contributed by atoms with Gasteiger partial charge in [0.25, 0.3) is 0 Å². The summed E-state index contributed by atoms with van der Waals surface area (Å²) in [6.07, 6.45) is 7.00. The number of hydrogen-bond acceptors (Lipinski definition) is 8. The van der Waals surface area contributed by atoms with Crippen LogP contribution in [0.5, 0.6) is 11.5 Å². The van der Waals surface area contributed by atoms with E-state index in [9.17, 15) is 4.79 Å². The number of nitrogens with two attached hydrogens (primary N) is 1. The van der Waals surface area contributed by atoms with Crippen LogP contribution in [-0.2, 0) is 16.1 Å². The van der Waals surface area contributed by atoms with Gasteiger partial charge < -0.3 is 29.4 Å². The van der Waals surface area contributed by atoms with Crippen LogP contribution >= 0.6 is 0 Å². The molecule has 1 aromatic carbocycles. The van der Waals surface area contributed by atoms with Crippen molar-refractivity contribution in [3.05, 3.63) is 60.3 Å². The average molecular weight is 578 g/mol. The van der Waals surface area contributed by atoms with Crippen LogP contribution in [0.3, 0.4) is 0 Å². The number of carbonyl (C=O) groups excluding carboxylic acids is 1. The highest BCUT2D eigenvalue weighted by Gasteiger charge is 2.31. The van der Waals surface area contributed by atoms with Crippen molar-refractivity contribution in [2.24, 2.45) is 0 Å². The van der Waals surface area contributed by atoms with Gasteiger partial charge in [0.05, 0.1) is 49.8 Å². The summed E-state index contributed by atoms with van der Waals surface area (Å²) in [4.78, 5) is 22.9. The first-order chi connectivity index (χ1) is 20.3. The van der Waals surface area contributed by atoms with Gasteiger partial charge >= 0.3 is 0 Å². The Morgan fingerprint density at radius 1 is 1.19 bits per heavy atom. The fourth-order valence-corrected chi connectivity index (χ4v) is 4.94. The molecular formula is C29H29F2N7O4. The van der Waals surface area contributed by atoms with Crippen LogP contribution in [-0.4, -0.2) is 76.1 Å². The fraction of sp³-hybridized carbons (Fsp3) is 0.310. The third-order valence-corrected chi connectivity index (χ3v) is 7.09. The Morgan fingerprint density at radius 3 is 2.60 bits per heavy atom. The number of amides is 1. The van der Waals surface area contributed by atoms with E-state index in [2.05, 4.69) is 28.4 Å². The van der Waals surface area contributed by atoms with Gasteiger partial charge in [0.15, 0.2) is 23.1 Å². The Kier molecular flexibility index (Phi) is 8.08. The zero-order valence-corrected chi connectivity index (χ0v) is 23.4. The van der Waals surface area contributed by atoms with Crippen LogP contribution < -0.4 is 15.2 Å². The van der Waals surface area contributed by atoms with Crippen LogP contribution in [0.1, 0.15) is 23.7 Å². The smallest absolute Gasteiger partial charge is 0.246 e. The maximum absolute atomic E-state index is 15.1. The largest absolute Gasteiger partial charge is 0.493 e. The van der Waals surface area contributed by atoms with Gasteiger partial charge in [0.1, 0.15) is 17.1 Å². The highest BCUT2D eigenvalue weighted by molar-refractivity contribution is 6.01. The van der Waals surface area contributed by atoms with Gasteiger partial charge in [0.2, 0.25) is 5.91 Å². The van der Waals surface area contributed by atoms with E-state index in [1.807, 2.05) is 10.8 Å². The predicted octanol–water partition coefficient (Wildman–Crippen LogP) is 3.18. The van der Waals surface area contributed by atoms with Crippen LogP contribution in [0.25, 0.3) is 22.2 Å². The van der Waals surface area contributed by atoms with Gasteiger partial charge in [-0.1, -0.05) is 12.5 Å². The standard InChI is InChI=1S/C29H29F2N7O4/c1-5-24(39)37-9-8-17(14-37)38-28-19(21-15-36(16-34-21)10-11-40-2)13-33-29(32)25(28)20(35-38)7-6-18-26(30)22(41-3)12-23(42-4)27(18)31/h5,12-13,15-17H,1,8-11,14H2,2-4H3,(H2,32,33)/t17-/m0/s1. The molecule has 0 unspecified atom stereocenters. The molecule has 0 radical (unpaired) electrons. The molecule has 1 saturated heterocycles. The molecule has 1 aliphatic heterocycles. The maximum atomic E-state index is 15.1. The Morgan fingerprint density at radius 2 is 1.93 bits per heavy atom. The Bertz CT molecular complexity index is 1710. The molecule has 3 aromatic heterocycles. The second-order valence-corrected chi connectivity index (χ2v) is 9.53. The summed E-state index contributed by atoms with van der Waals surface area (Å²) in [5.41, 5.74) is 7.80. The van der Waals surface area contributed by atoms with E-state index >= 15 is 8.78 Å². The number of carbonyl (C=O) groups is 1. The number of aromatic nitrogens is 5. The minimum Gasteiger partial charge on any atom is -0.493 e. The van der Waals surface area contributed by atoms with Crippen molar-refractivity contribution in [1.82, 2.24) is 29.2 Å². The summed E-state index contributed by atoms with van der Waals surface area (Å²) in [7, 11) is 4.14. The van der Waals surface area contributed by atoms with E-state index in [4.69, 9.17) is 25.0 Å². The third kappa shape index (κ3) is 5.12. The van der Waals surface area contributed by atoms with Crippen molar-refractivity contribution in [2.45, 2.75) is 19.0 Å². The molecule has 13 heteroatoms. The number of pyridine rings is 1. The number of fused-ring (bicyclic) bond motifs is 1. The molecule has 1 aliphatic rings. The fourth-order valence-electron chi connectivity index (χ4n) is 4.94. The molecule has 218 valence electrons. The number of methoxy groups -OCH3 is 3. The average Bonchev–Trinajstić information content (AvgIpc) is 3.75. The van der Waals surface area contributed by atoms with Gasteiger partial charge in [0, 0.05) is 50.8 Å². The Hall–Kier alpha value is -4.96. The van der Waals surface area contributed by atoms with Crippen molar-refractivity contribution in [1.29, 1.82) is 0 Å². The molecule has 1 fully saturated rings. The topological polar surface area (TPSA) is 123 Å². The van der Waals surface area contributed by atoms with E-state index < -0.39 is 17.2 Å². The predicted molar refractivity (Wildman–Crippen MR) is 151 cm³/mol. The van der Waals surface area contributed by atoms with Crippen LogP contribution in [0.15, 0.2) is 37.4 Å². The van der Waals surface area contributed by atoms with E-state index in [0.717, 1.165) is 6.07 Å². The van der Waals surface area contributed by atoms with Crippen LogP contribution in [0, 0.1) is 23.5 Å².